The standard InChI is InChI=1S/C13H15FIN3/c1-16-13(8-10-5-6-18(2)17-10)11-4-3-9(14)7-12(11)15/h3-7,13,16H,8H2,1-2H3. The van der Waals surface area contributed by atoms with Gasteiger partial charge in [-0.1, -0.05) is 6.07 Å². The van der Waals surface area contributed by atoms with Crippen molar-refractivity contribution in [2.45, 2.75) is 12.5 Å². The highest BCUT2D eigenvalue weighted by Gasteiger charge is 2.15. The number of nitrogens with one attached hydrogen (secondary N) is 1. The molecule has 0 saturated heterocycles. The summed E-state index contributed by atoms with van der Waals surface area (Å²) in [5, 5.41) is 7.63. The molecule has 0 amide bonds. The zero-order valence-electron chi connectivity index (χ0n) is 10.3. The van der Waals surface area contributed by atoms with Gasteiger partial charge >= 0.3 is 0 Å². The van der Waals surface area contributed by atoms with E-state index in [0.717, 1.165) is 21.2 Å². The van der Waals surface area contributed by atoms with Crippen molar-refractivity contribution in [2.24, 2.45) is 7.05 Å². The lowest BCUT2D eigenvalue weighted by molar-refractivity contribution is 0.570. The highest BCUT2D eigenvalue weighted by molar-refractivity contribution is 14.1. The molecule has 5 heteroatoms. The van der Waals surface area contributed by atoms with Gasteiger partial charge in [-0.3, -0.25) is 4.68 Å². The Morgan fingerprint density at radius 1 is 1.44 bits per heavy atom. The molecule has 18 heavy (non-hydrogen) atoms. The van der Waals surface area contributed by atoms with Gasteiger partial charge in [0.25, 0.3) is 0 Å². The smallest absolute Gasteiger partial charge is 0.124 e. The molecular weight excluding hydrogens is 344 g/mol. The van der Waals surface area contributed by atoms with E-state index in [1.54, 1.807) is 10.7 Å². The summed E-state index contributed by atoms with van der Waals surface area (Å²) < 4.78 is 15.8. The molecule has 1 N–H and O–H groups in total. The third kappa shape index (κ3) is 3.08. The second kappa shape index (κ2) is 5.79. The Morgan fingerprint density at radius 2 is 2.22 bits per heavy atom. The molecule has 96 valence electrons. The summed E-state index contributed by atoms with van der Waals surface area (Å²) in [7, 11) is 3.81. The van der Waals surface area contributed by atoms with Crippen LogP contribution in [0.1, 0.15) is 17.3 Å². The average molecular weight is 359 g/mol. The first-order valence-electron chi connectivity index (χ1n) is 5.71. The predicted octanol–water partition coefficient (Wildman–Crippen LogP) is 2.67. The molecule has 0 aliphatic rings. The minimum absolute atomic E-state index is 0.146. The van der Waals surface area contributed by atoms with Gasteiger partial charge < -0.3 is 5.32 Å². The molecule has 0 aliphatic heterocycles. The summed E-state index contributed by atoms with van der Waals surface area (Å²) in [5.41, 5.74) is 2.13. The second-order valence-electron chi connectivity index (χ2n) is 4.19. The zero-order valence-corrected chi connectivity index (χ0v) is 12.5. The lowest BCUT2D eigenvalue weighted by Crippen LogP contribution is -2.20. The molecule has 0 aliphatic carbocycles. The fourth-order valence-electron chi connectivity index (χ4n) is 1.93. The van der Waals surface area contributed by atoms with E-state index in [9.17, 15) is 4.39 Å². The number of rotatable bonds is 4. The normalized spacial score (nSPS) is 12.7. The monoisotopic (exact) mass is 359 g/mol. The summed E-state index contributed by atoms with van der Waals surface area (Å²) >= 11 is 2.17. The van der Waals surface area contributed by atoms with Crippen LogP contribution in [-0.2, 0) is 13.5 Å². The minimum Gasteiger partial charge on any atom is -0.313 e. The molecule has 0 fully saturated rings. The Hall–Kier alpha value is -0.950. The summed E-state index contributed by atoms with van der Waals surface area (Å²) in [6.45, 7) is 0. The molecule has 1 atom stereocenters. The molecule has 1 heterocycles. The van der Waals surface area contributed by atoms with Gasteiger partial charge in [0, 0.05) is 29.3 Å². The summed E-state index contributed by atoms with van der Waals surface area (Å²) in [6, 6.07) is 7.04. The van der Waals surface area contributed by atoms with Crippen LogP contribution in [0.25, 0.3) is 0 Å². The minimum atomic E-state index is -0.198. The van der Waals surface area contributed by atoms with E-state index < -0.39 is 0 Å². The Kier molecular flexibility index (Phi) is 4.34. The van der Waals surface area contributed by atoms with Gasteiger partial charge in [-0.25, -0.2) is 4.39 Å². The zero-order chi connectivity index (χ0) is 13.1. The second-order valence-corrected chi connectivity index (χ2v) is 5.35. The molecule has 1 aromatic carbocycles. The van der Waals surface area contributed by atoms with E-state index in [1.165, 1.54) is 6.07 Å². The Morgan fingerprint density at radius 3 is 2.78 bits per heavy atom. The van der Waals surface area contributed by atoms with Crippen molar-refractivity contribution in [1.29, 1.82) is 0 Å². The van der Waals surface area contributed by atoms with Crippen LogP contribution in [0.15, 0.2) is 30.5 Å². The maximum Gasteiger partial charge on any atom is 0.124 e. The number of aryl methyl sites for hydroxylation is 1. The largest absolute Gasteiger partial charge is 0.313 e. The van der Waals surface area contributed by atoms with Crippen LogP contribution >= 0.6 is 22.6 Å². The number of nitrogens with zero attached hydrogens (tertiary/aromatic N) is 2. The van der Waals surface area contributed by atoms with Gasteiger partial charge in [-0.05, 0) is 53.4 Å². The number of halogens is 2. The van der Waals surface area contributed by atoms with Crippen LogP contribution in [0, 0.1) is 9.39 Å². The van der Waals surface area contributed by atoms with Crippen molar-refractivity contribution in [3.8, 4) is 0 Å². The quantitative estimate of drug-likeness (QED) is 0.851. The first kappa shape index (κ1) is 13.5. The van der Waals surface area contributed by atoms with Gasteiger partial charge in [0.05, 0.1) is 5.69 Å². The number of hydrogen-bond donors (Lipinski definition) is 1. The molecule has 2 aromatic rings. The maximum atomic E-state index is 13.1. The van der Waals surface area contributed by atoms with Gasteiger partial charge in [-0.15, -0.1) is 0 Å². The van der Waals surface area contributed by atoms with Gasteiger partial charge in [0.1, 0.15) is 5.82 Å². The Balaban J connectivity index is 2.22. The number of hydrogen-bond acceptors (Lipinski definition) is 2. The predicted molar refractivity (Wildman–Crippen MR) is 77.8 cm³/mol. The Labute approximate surface area is 120 Å². The maximum absolute atomic E-state index is 13.1. The fraction of sp³-hybridized carbons (Fsp3) is 0.308. The fourth-order valence-corrected chi connectivity index (χ4v) is 2.79. The summed E-state index contributed by atoms with van der Waals surface area (Å²) in [4.78, 5) is 0. The summed E-state index contributed by atoms with van der Waals surface area (Å²) in [6.07, 6.45) is 2.72. The van der Waals surface area contributed by atoms with Crippen LogP contribution < -0.4 is 5.32 Å². The Bertz CT molecular complexity index is 539. The molecule has 0 bridgehead atoms. The lowest BCUT2D eigenvalue weighted by atomic mass is 10.0. The first-order valence-corrected chi connectivity index (χ1v) is 6.78. The van der Waals surface area contributed by atoms with E-state index in [1.807, 2.05) is 32.4 Å². The van der Waals surface area contributed by atoms with Crippen molar-refractivity contribution < 1.29 is 4.39 Å². The molecule has 1 aromatic heterocycles. The van der Waals surface area contributed by atoms with Crippen LogP contribution in [0.3, 0.4) is 0 Å². The van der Waals surface area contributed by atoms with Crippen LogP contribution in [0.5, 0.6) is 0 Å². The van der Waals surface area contributed by atoms with Crippen molar-refractivity contribution in [3.63, 3.8) is 0 Å². The molecular formula is C13H15FIN3. The van der Waals surface area contributed by atoms with E-state index in [0.29, 0.717) is 0 Å². The number of likely N-dealkylation sites (N-methyl/N-ethyl adjacent to an activating group) is 1. The first-order chi connectivity index (χ1) is 8.60. The van der Waals surface area contributed by atoms with Crippen molar-refractivity contribution in [1.82, 2.24) is 15.1 Å². The third-order valence-electron chi connectivity index (χ3n) is 2.87. The van der Waals surface area contributed by atoms with E-state index in [-0.39, 0.29) is 11.9 Å². The van der Waals surface area contributed by atoms with Gasteiger partial charge in [0.2, 0.25) is 0 Å². The molecule has 3 nitrogen and oxygen atoms in total. The molecule has 0 spiro atoms. The number of aromatic nitrogens is 2. The van der Waals surface area contributed by atoms with Crippen molar-refractivity contribution in [2.75, 3.05) is 7.05 Å². The van der Waals surface area contributed by atoms with E-state index >= 15 is 0 Å². The molecule has 1 unspecified atom stereocenters. The molecule has 2 rings (SSSR count). The van der Waals surface area contributed by atoms with Gasteiger partial charge in [0.15, 0.2) is 0 Å². The van der Waals surface area contributed by atoms with Crippen LogP contribution in [0.2, 0.25) is 0 Å². The van der Waals surface area contributed by atoms with Crippen LogP contribution in [0.4, 0.5) is 4.39 Å². The van der Waals surface area contributed by atoms with Crippen LogP contribution in [-0.4, -0.2) is 16.8 Å². The van der Waals surface area contributed by atoms with E-state index in [4.69, 9.17) is 0 Å². The summed E-state index contributed by atoms with van der Waals surface area (Å²) in [5.74, 6) is -0.198. The van der Waals surface area contributed by atoms with Crippen molar-refractivity contribution in [3.05, 3.63) is 51.1 Å². The third-order valence-corrected chi connectivity index (χ3v) is 3.80. The highest BCUT2D eigenvalue weighted by Crippen LogP contribution is 2.23. The van der Waals surface area contributed by atoms with Crippen molar-refractivity contribution >= 4 is 22.6 Å². The average Bonchev–Trinajstić information content (AvgIpc) is 2.72. The SMILES string of the molecule is CNC(Cc1ccn(C)n1)c1ccc(F)cc1I. The van der Waals surface area contributed by atoms with Gasteiger partial charge in [-0.2, -0.15) is 5.10 Å². The van der Waals surface area contributed by atoms with E-state index in [2.05, 4.69) is 33.0 Å². The molecule has 0 radical (unpaired) electrons. The highest BCUT2D eigenvalue weighted by atomic mass is 127. The molecule has 0 saturated carbocycles. The lowest BCUT2D eigenvalue weighted by Gasteiger charge is -2.17. The topological polar surface area (TPSA) is 29.9 Å². The number of benzene rings is 1.